The first-order valence-corrected chi connectivity index (χ1v) is 7.00. The normalized spacial score (nSPS) is 28.1. The molecule has 1 aromatic carbocycles. The third-order valence-corrected chi connectivity index (χ3v) is 4.66. The van der Waals surface area contributed by atoms with Crippen LogP contribution in [0.2, 0.25) is 0 Å². The largest absolute Gasteiger partial charge is 0.315 e. The molecule has 3 nitrogen and oxygen atoms in total. The van der Waals surface area contributed by atoms with Crippen LogP contribution < -0.4 is 4.90 Å². The highest BCUT2D eigenvalue weighted by Gasteiger charge is 2.55. The number of nitriles is 1. The highest BCUT2D eigenvalue weighted by atomic mass is 16.2. The summed E-state index contributed by atoms with van der Waals surface area (Å²) in [5.41, 5.74) is 1.51. The van der Waals surface area contributed by atoms with Crippen LogP contribution in [0.1, 0.15) is 31.2 Å². The van der Waals surface area contributed by atoms with Gasteiger partial charge in [-0.25, -0.2) is 0 Å². The van der Waals surface area contributed by atoms with Crippen LogP contribution in [-0.4, -0.2) is 13.0 Å². The molecule has 0 N–H and O–H groups in total. The van der Waals surface area contributed by atoms with E-state index in [0.29, 0.717) is 17.4 Å². The molecule has 3 rings (SSSR count). The molecule has 2 unspecified atom stereocenters. The Morgan fingerprint density at radius 2 is 1.79 bits per heavy atom. The Kier molecular flexibility index (Phi) is 3.02. The lowest BCUT2D eigenvalue weighted by molar-refractivity contribution is -0.120. The standard InChI is InChI=1S/C16H18N2O/c1-18(12-8-6-11(10-17)7-9-12)16(19)15-13-4-2-3-5-14(13)15/h6-9,13-15H,2-5H2,1H3. The van der Waals surface area contributed by atoms with E-state index < -0.39 is 0 Å². The van der Waals surface area contributed by atoms with Crippen LogP contribution in [0.5, 0.6) is 0 Å². The molecule has 2 saturated carbocycles. The van der Waals surface area contributed by atoms with Crippen molar-refractivity contribution in [2.24, 2.45) is 17.8 Å². The van der Waals surface area contributed by atoms with E-state index >= 15 is 0 Å². The molecule has 0 bridgehead atoms. The minimum atomic E-state index is 0.251. The fourth-order valence-corrected chi connectivity index (χ4v) is 3.47. The van der Waals surface area contributed by atoms with Crippen LogP contribution in [0.25, 0.3) is 0 Å². The number of rotatable bonds is 2. The van der Waals surface area contributed by atoms with Crippen molar-refractivity contribution in [1.29, 1.82) is 5.26 Å². The van der Waals surface area contributed by atoms with Crippen LogP contribution >= 0.6 is 0 Å². The number of benzene rings is 1. The fourth-order valence-electron chi connectivity index (χ4n) is 3.47. The molecule has 1 amide bonds. The molecule has 0 aromatic heterocycles. The zero-order chi connectivity index (χ0) is 13.4. The second-order valence-electron chi connectivity index (χ2n) is 5.69. The Balaban J connectivity index is 1.71. The van der Waals surface area contributed by atoms with Crippen molar-refractivity contribution in [3.63, 3.8) is 0 Å². The van der Waals surface area contributed by atoms with Crippen molar-refractivity contribution in [3.8, 4) is 6.07 Å². The summed E-state index contributed by atoms with van der Waals surface area (Å²) in [6.45, 7) is 0. The minimum Gasteiger partial charge on any atom is -0.315 e. The Morgan fingerprint density at radius 1 is 1.21 bits per heavy atom. The summed E-state index contributed by atoms with van der Waals surface area (Å²) >= 11 is 0. The lowest BCUT2D eigenvalue weighted by atomic mass is 10.0. The number of carbonyl (C=O) groups excluding carboxylic acids is 1. The average Bonchev–Trinajstić information content (AvgIpc) is 3.20. The molecule has 0 aliphatic heterocycles. The first-order valence-electron chi connectivity index (χ1n) is 7.00. The summed E-state index contributed by atoms with van der Waals surface area (Å²) < 4.78 is 0. The van der Waals surface area contributed by atoms with Gasteiger partial charge in [-0.2, -0.15) is 5.26 Å². The lowest BCUT2D eigenvalue weighted by Crippen LogP contribution is -2.28. The third-order valence-electron chi connectivity index (χ3n) is 4.66. The van der Waals surface area contributed by atoms with E-state index in [9.17, 15) is 4.79 Å². The maximum atomic E-state index is 12.5. The third kappa shape index (κ3) is 2.12. The molecule has 2 aliphatic rings. The predicted octanol–water partition coefficient (Wildman–Crippen LogP) is 2.96. The molecule has 2 fully saturated rings. The zero-order valence-corrected chi connectivity index (χ0v) is 11.2. The number of nitrogens with zero attached hydrogens (tertiary/aromatic N) is 2. The number of hydrogen-bond acceptors (Lipinski definition) is 2. The van der Waals surface area contributed by atoms with Crippen molar-refractivity contribution >= 4 is 11.6 Å². The van der Waals surface area contributed by atoms with Gasteiger partial charge in [0.15, 0.2) is 0 Å². The maximum absolute atomic E-state index is 12.5. The number of carbonyl (C=O) groups is 1. The lowest BCUT2D eigenvalue weighted by Gasteiger charge is -2.17. The summed E-state index contributed by atoms with van der Waals surface area (Å²) in [7, 11) is 1.84. The molecule has 2 atom stereocenters. The van der Waals surface area contributed by atoms with Crippen LogP contribution in [0.4, 0.5) is 5.69 Å². The number of fused-ring (bicyclic) bond motifs is 1. The molecule has 19 heavy (non-hydrogen) atoms. The number of hydrogen-bond donors (Lipinski definition) is 0. The highest BCUT2D eigenvalue weighted by molar-refractivity contribution is 5.96. The van der Waals surface area contributed by atoms with E-state index in [4.69, 9.17) is 5.26 Å². The van der Waals surface area contributed by atoms with Gasteiger partial charge in [-0.3, -0.25) is 4.79 Å². The number of amides is 1. The zero-order valence-electron chi connectivity index (χ0n) is 11.2. The quantitative estimate of drug-likeness (QED) is 0.814. The first-order chi connectivity index (χ1) is 9.22. The SMILES string of the molecule is CN(C(=O)C1C2CCCCC21)c1ccc(C#N)cc1. The van der Waals surface area contributed by atoms with E-state index in [0.717, 1.165) is 5.69 Å². The first kappa shape index (κ1) is 12.2. The van der Waals surface area contributed by atoms with Gasteiger partial charge < -0.3 is 4.90 Å². The van der Waals surface area contributed by atoms with Gasteiger partial charge in [0.05, 0.1) is 11.6 Å². The maximum Gasteiger partial charge on any atom is 0.230 e. The molecule has 98 valence electrons. The van der Waals surface area contributed by atoms with Crippen LogP contribution in [-0.2, 0) is 4.79 Å². The van der Waals surface area contributed by atoms with Gasteiger partial charge in [0, 0.05) is 18.7 Å². The van der Waals surface area contributed by atoms with Gasteiger partial charge in [0.25, 0.3) is 0 Å². The van der Waals surface area contributed by atoms with Gasteiger partial charge in [0.1, 0.15) is 0 Å². The van der Waals surface area contributed by atoms with Gasteiger partial charge in [-0.15, -0.1) is 0 Å². The molecule has 0 heterocycles. The van der Waals surface area contributed by atoms with Gasteiger partial charge in [-0.05, 0) is 48.9 Å². The Morgan fingerprint density at radius 3 is 2.32 bits per heavy atom. The molecular formula is C16H18N2O. The molecule has 2 aliphatic carbocycles. The second-order valence-corrected chi connectivity index (χ2v) is 5.69. The molecular weight excluding hydrogens is 236 g/mol. The van der Waals surface area contributed by atoms with Crippen LogP contribution in [0.3, 0.4) is 0 Å². The highest BCUT2D eigenvalue weighted by Crippen LogP contribution is 2.56. The summed E-state index contributed by atoms with van der Waals surface area (Å²) in [6.07, 6.45) is 5.02. The molecule has 1 aromatic rings. The van der Waals surface area contributed by atoms with Crippen molar-refractivity contribution in [1.82, 2.24) is 0 Å². The van der Waals surface area contributed by atoms with Crippen molar-refractivity contribution in [3.05, 3.63) is 29.8 Å². The van der Waals surface area contributed by atoms with Crippen molar-refractivity contribution < 1.29 is 4.79 Å². The average molecular weight is 254 g/mol. The molecule has 0 spiro atoms. The predicted molar refractivity (Wildman–Crippen MR) is 73.5 cm³/mol. The smallest absolute Gasteiger partial charge is 0.230 e. The van der Waals surface area contributed by atoms with Gasteiger partial charge in [-0.1, -0.05) is 12.8 Å². The summed E-state index contributed by atoms with van der Waals surface area (Å²) in [5.74, 6) is 1.79. The van der Waals surface area contributed by atoms with E-state index in [2.05, 4.69) is 6.07 Å². The topological polar surface area (TPSA) is 44.1 Å². The van der Waals surface area contributed by atoms with E-state index in [1.807, 2.05) is 19.2 Å². The number of anilines is 1. The van der Waals surface area contributed by atoms with Crippen LogP contribution in [0.15, 0.2) is 24.3 Å². The molecule has 0 radical (unpaired) electrons. The Bertz CT molecular complexity index is 517. The Hall–Kier alpha value is -1.82. The van der Waals surface area contributed by atoms with Gasteiger partial charge >= 0.3 is 0 Å². The minimum absolute atomic E-state index is 0.251. The Labute approximate surface area is 113 Å². The monoisotopic (exact) mass is 254 g/mol. The van der Waals surface area contributed by atoms with E-state index in [1.165, 1.54) is 25.7 Å². The summed E-state index contributed by atoms with van der Waals surface area (Å²) in [6, 6.07) is 9.32. The molecule has 0 saturated heterocycles. The molecule has 3 heteroatoms. The summed E-state index contributed by atoms with van der Waals surface area (Å²) in [4.78, 5) is 14.2. The summed E-state index contributed by atoms with van der Waals surface area (Å²) in [5, 5.41) is 8.78. The van der Waals surface area contributed by atoms with E-state index in [1.54, 1.807) is 17.0 Å². The second kappa shape index (κ2) is 4.70. The van der Waals surface area contributed by atoms with Crippen molar-refractivity contribution in [2.75, 3.05) is 11.9 Å². The fraction of sp³-hybridized carbons (Fsp3) is 0.500. The van der Waals surface area contributed by atoms with E-state index in [-0.39, 0.29) is 11.8 Å². The van der Waals surface area contributed by atoms with Gasteiger partial charge in [0.2, 0.25) is 5.91 Å². The van der Waals surface area contributed by atoms with Crippen LogP contribution in [0, 0.1) is 29.1 Å². The van der Waals surface area contributed by atoms with Crippen molar-refractivity contribution in [2.45, 2.75) is 25.7 Å².